The van der Waals surface area contributed by atoms with E-state index in [0.717, 1.165) is 11.1 Å². The van der Waals surface area contributed by atoms with E-state index in [1.54, 1.807) is 6.07 Å². The molecule has 0 saturated heterocycles. The minimum absolute atomic E-state index is 0.111. The van der Waals surface area contributed by atoms with Crippen molar-refractivity contribution in [2.24, 2.45) is 0 Å². The van der Waals surface area contributed by atoms with E-state index in [9.17, 15) is 19.8 Å². The van der Waals surface area contributed by atoms with Gasteiger partial charge in [-0.2, -0.15) is 0 Å². The van der Waals surface area contributed by atoms with Crippen molar-refractivity contribution in [1.82, 2.24) is 4.98 Å². The Morgan fingerprint density at radius 1 is 0.900 bits per heavy atom. The first-order valence-electron chi connectivity index (χ1n) is 9.38. The van der Waals surface area contributed by atoms with Crippen LogP contribution in [0.3, 0.4) is 0 Å². The van der Waals surface area contributed by atoms with Crippen molar-refractivity contribution in [2.75, 3.05) is 0 Å². The largest absolute Gasteiger partial charge is 0.489 e. The number of carboxylic acids is 2. The van der Waals surface area contributed by atoms with Crippen LogP contribution in [-0.2, 0) is 17.8 Å². The summed E-state index contributed by atoms with van der Waals surface area (Å²) in [7, 11) is 0. The normalized spacial score (nSPS) is 10.8. The van der Waals surface area contributed by atoms with Gasteiger partial charge in [-0.3, -0.25) is 4.79 Å². The van der Waals surface area contributed by atoms with Gasteiger partial charge in [-0.15, -0.1) is 0 Å². The number of nitrogens with one attached hydrogen (secondary N) is 1. The quantitative estimate of drug-likeness (QED) is 0.415. The topological polar surface area (TPSA) is 99.6 Å². The molecule has 0 aliphatic heterocycles. The summed E-state index contributed by atoms with van der Waals surface area (Å²) < 4.78 is 5.89. The molecule has 0 unspecified atom stereocenters. The molecule has 150 valence electrons. The summed E-state index contributed by atoms with van der Waals surface area (Å²) in [5.41, 5.74) is 3.79. The van der Waals surface area contributed by atoms with Crippen LogP contribution in [0.25, 0.3) is 22.2 Å². The van der Waals surface area contributed by atoms with Gasteiger partial charge in [-0.1, -0.05) is 42.5 Å². The number of rotatable bonds is 7. The zero-order chi connectivity index (χ0) is 21.1. The number of carboxylic acid groups (broad SMARTS) is 2. The lowest BCUT2D eigenvalue weighted by Crippen LogP contribution is -2.02. The molecular formula is C24H19NO5. The van der Waals surface area contributed by atoms with Crippen molar-refractivity contribution >= 4 is 22.8 Å². The van der Waals surface area contributed by atoms with Crippen molar-refractivity contribution in [2.45, 2.75) is 13.0 Å². The summed E-state index contributed by atoms with van der Waals surface area (Å²) in [5, 5.41) is 19.3. The van der Waals surface area contributed by atoms with Crippen LogP contribution >= 0.6 is 0 Å². The maximum absolute atomic E-state index is 11.5. The Hall–Kier alpha value is -4.06. The molecule has 0 fully saturated rings. The second-order valence-electron chi connectivity index (χ2n) is 6.92. The Bertz CT molecular complexity index is 1230. The molecular weight excluding hydrogens is 382 g/mol. The highest BCUT2D eigenvalue weighted by Crippen LogP contribution is 2.33. The van der Waals surface area contributed by atoms with Gasteiger partial charge >= 0.3 is 11.9 Å². The zero-order valence-electron chi connectivity index (χ0n) is 16.0. The van der Waals surface area contributed by atoms with E-state index >= 15 is 0 Å². The van der Waals surface area contributed by atoms with Crippen molar-refractivity contribution in [1.29, 1.82) is 0 Å². The van der Waals surface area contributed by atoms with Gasteiger partial charge in [0.25, 0.3) is 0 Å². The number of H-pyrrole nitrogens is 1. The number of aromatic nitrogens is 1. The second-order valence-corrected chi connectivity index (χ2v) is 6.92. The fraction of sp³-hybridized carbons (Fsp3) is 0.0833. The van der Waals surface area contributed by atoms with Gasteiger partial charge in [-0.25, -0.2) is 4.79 Å². The molecule has 6 heteroatoms. The standard InChI is InChI=1S/C24H19NO5/c26-22(27)13-20-19-12-17(24(28)29)9-10-21(19)25-23(20)16-7-4-8-18(11-16)30-14-15-5-2-1-3-6-15/h1-12,25H,13-14H2,(H,26,27)(H,28,29). The number of hydrogen-bond acceptors (Lipinski definition) is 3. The molecule has 0 atom stereocenters. The Morgan fingerprint density at radius 2 is 1.70 bits per heavy atom. The first-order valence-corrected chi connectivity index (χ1v) is 9.38. The minimum atomic E-state index is -1.06. The molecule has 6 nitrogen and oxygen atoms in total. The fourth-order valence-electron chi connectivity index (χ4n) is 3.44. The molecule has 3 N–H and O–H groups in total. The van der Waals surface area contributed by atoms with Gasteiger partial charge in [0.05, 0.1) is 17.7 Å². The molecule has 30 heavy (non-hydrogen) atoms. The molecule has 0 amide bonds. The molecule has 0 aliphatic carbocycles. The van der Waals surface area contributed by atoms with E-state index in [-0.39, 0.29) is 12.0 Å². The smallest absolute Gasteiger partial charge is 0.335 e. The third-order valence-electron chi connectivity index (χ3n) is 4.85. The van der Waals surface area contributed by atoms with E-state index in [2.05, 4.69) is 4.98 Å². The summed E-state index contributed by atoms with van der Waals surface area (Å²) in [5.74, 6) is -1.39. The molecule has 0 saturated carbocycles. The third kappa shape index (κ3) is 4.03. The Balaban J connectivity index is 1.73. The summed E-state index contributed by atoms with van der Waals surface area (Å²) in [6.07, 6.45) is -0.229. The SMILES string of the molecule is O=C(O)Cc1c(-c2cccc(OCc3ccccc3)c2)[nH]c2ccc(C(=O)O)cc12. The minimum Gasteiger partial charge on any atom is -0.489 e. The molecule has 0 spiro atoms. The molecule has 0 radical (unpaired) electrons. The van der Waals surface area contributed by atoms with Crippen LogP contribution in [0.15, 0.2) is 72.8 Å². The van der Waals surface area contributed by atoms with Crippen LogP contribution in [0.4, 0.5) is 0 Å². The van der Waals surface area contributed by atoms with Crippen LogP contribution in [0.1, 0.15) is 21.5 Å². The van der Waals surface area contributed by atoms with E-state index in [4.69, 9.17) is 4.74 Å². The number of fused-ring (bicyclic) bond motifs is 1. The molecule has 1 heterocycles. The lowest BCUT2D eigenvalue weighted by atomic mass is 10.0. The van der Waals surface area contributed by atoms with E-state index in [1.807, 2.05) is 54.6 Å². The van der Waals surface area contributed by atoms with Crippen LogP contribution in [0, 0.1) is 0 Å². The first kappa shape index (κ1) is 19.3. The molecule has 3 aromatic carbocycles. The van der Waals surface area contributed by atoms with Crippen LogP contribution in [0.5, 0.6) is 5.75 Å². The highest BCUT2D eigenvalue weighted by Gasteiger charge is 2.18. The van der Waals surface area contributed by atoms with Gasteiger partial charge in [0.2, 0.25) is 0 Å². The molecule has 4 rings (SSSR count). The van der Waals surface area contributed by atoms with E-state index < -0.39 is 11.9 Å². The Morgan fingerprint density at radius 3 is 2.43 bits per heavy atom. The number of aromatic amines is 1. The van der Waals surface area contributed by atoms with Crippen molar-refractivity contribution in [3.8, 4) is 17.0 Å². The first-order chi connectivity index (χ1) is 14.5. The van der Waals surface area contributed by atoms with Crippen LogP contribution in [-0.4, -0.2) is 27.1 Å². The number of hydrogen-bond donors (Lipinski definition) is 3. The average molecular weight is 401 g/mol. The van der Waals surface area contributed by atoms with Gasteiger partial charge in [-0.05, 0) is 41.5 Å². The zero-order valence-corrected chi connectivity index (χ0v) is 16.0. The molecule has 0 bridgehead atoms. The summed E-state index contributed by atoms with van der Waals surface area (Å²) >= 11 is 0. The van der Waals surface area contributed by atoms with Crippen molar-refractivity contribution in [3.05, 3.63) is 89.5 Å². The summed E-state index contributed by atoms with van der Waals surface area (Å²) in [4.78, 5) is 26.1. The van der Waals surface area contributed by atoms with Crippen molar-refractivity contribution in [3.63, 3.8) is 0 Å². The average Bonchev–Trinajstić information content (AvgIpc) is 3.10. The number of aliphatic carboxylic acids is 1. The van der Waals surface area contributed by atoms with Crippen molar-refractivity contribution < 1.29 is 24.5 Å². The maximum atomic E-state index is 11.5. The number of ether oxygens (including phenoxy) is 1. The lowest BCUT2D eigenvalue weighted by Gasteiger charge is -2.09. The van der Waals surface area contributed by atoms with Gasteiger partial charge < -0.3 is 19.9 Å². The highest BCUT2D eigenvalue weighted by atomic mass is 16.5. The molecule has 1 aromatic heterocycles. The number of benzene rings is 3. The number of carbonyl (C=O) groups is 2. The molecule has 4 aromatic rings. The second kappa shape index (κ2) is 8.13. The van der Waals surface area contributed by atoms with Gasteiger partial charge in [0, 0.05) is 16.5 Å². The van der Waals surface area contributed by atoms with E-state index in [1.165, 1.54) is 12.1 Å². The fourth-order valence-corrected chi connectivity index (χ4v) is 3.44. The van der Waals surface area contributed by atoms with Gasteiger partial charge in [0.15, 0.2) is 0 Å². The number of aromatic carboxylic acids is 1. The predicted octanol–water partition coefficient (Wildman–Crippen LogP) is 4.74. The Labute approximate surface area is 172 Å². The van der Waals surface area contributed by atoms with Crippen LogP contribution < -0.4 is 4.74 Å². The Kier molecular flexibility index (Phi) is 5.22. The summed E-state index contributed by atoms with van der Waals surface area (Å²) in [6.45, 7) is 0.418. The lowest BCUT2D eigenvalue weighted by molar-refractivity contribution is -0.136. The monoisotopic (exact) mass is 401 g/mol. The van der Waals surface area contributed by atoms with Crippen LogP contribution in [0.2, 0.25) is 0 Å². The molecule has 0 aliphatic rings. The highest BCUT2D eigenvalue weighted by molar-refractivity contribution is 5.99. The third-order valence-corrected chi connectivity index (χ3v) is 4.85. The predicted molar refractivity (Wildman–Crippen MR) is 113 cm³/mol. The van der Waals surface area contributed by atoms with Gasteiger partial charge in [0.1, 0.15) is 12.4 Å². The maximum Gasteiger partial charge on any atom is 0.335 e. The summed E-state index contributed by atoms with van der Waals surface area (Å²) in [6, 6.07) is 21.8. The van der Waals surface area contributed by atoms with E-state index in [0.29, 0.717) is 34.5 Å².